The first-order chi connectivity index (χ1) is 12.2. The number of hydrogen-bond acceptors (Lipinski definition) is 7. The van der Waals surface area contributed by atoms with Crippen molar-refractivity contribution < 1.29 is 33.7 Å². The molecule has 3 rings (SSSR count). The Hall–Kier alpha value is -2.03. The van der Waals surface area contributed by atoms with Crippen molar-refractivity contribution in [2.45, 2.75) is 31.7 Å². The van der Waals surface area contributed by atoms with E-state index in [1.165, 1.54) is 27.2 Å². The summed E-state index contributed by atoms with van der Waals surface area (Å²) < 4.78 is 15.9. The molecular weight excluding hydrogens is 408 g/mol. The zero-order valence-electron chi connectivity index (χ0n) is 14.4. The average Bonchev–Trinajstić information content (AvgIpc) is 2.57. The number of hydrogen-bond donors (Lipinski definition) is 1. The number of rotatable bonds is 3. The summed E-state index contributed by atoms with van der Waals surface area (Å²) >= 11 is 3.29. The fourth-order valence-electron chi connectivity index (χ4n) is 3.43. The van der Waals surface area contributed by atoms with Crippen molar-refractivity contribution >= 4 is 33.5 Å². The van der Waals surface area contributed by atoms with Crippen LogP contribution in [0.15, 0.2) is 27.8 Å². The van der Waals surface area contributed by atoms with Crippen molar-refractivity contribution in [1.82, 2.24) is 0 Å². The maximum Gasteiger partial charge on any atom is 0.308 e. The Labute approximate surface area is 158 Å². The number of fused-ring (bicyclic) bond motifs is 1. The Morgan fingerprint density at radius 2 is 2.04 bits per heavy atom. The monoisotopic (exact) mass is 424 g/mol. The van der Waals surface area contributed by atoms with E-state index in [1.54, 1.807) is 6.07 Å². The number of methoxy groups -OCH3 is 2. The molecule has 1 aromatic rings. The molecule has 1 N–H and O–H groups in total. The molecule has 1 heterocycles. The van der Waals surface area contributed by atoms with Gasteiger partial charge in [0.1, 0.15) is 5.75 Å². The van der Waals surface area contributed by atoms with Gasteiger partial charge in [0.05, 0.1) is 42.4 Å². The quantitative estimate of drug-likeness (QED) is 0.742. The first-order valence-electron chi connectivity index (χ1n) is 7.87. The van der Waals surface area contributed by atoms with Crippen LogP contribution < -0.4 is 4.74 Å². The largest absolute Gasteiger partial charge is 0.495 e. The van der Waals surface area contributed by atoms with Gasteiger partial charge in [0.15, 0.2) is 17.4 Å². The van der Waals surface area contributed by atoms with Gasteiger partial charge in [0.25, 0.3) is 0 Å². The summed E-state index contributed by atoms with van der Waals surface area (Å²) in [6, 6.07) is 3.16. The normalized spacial score (nSPS) is 24.9. The highest BCUT2D eigenvalue weighted by molar-refractivity contribution is 9.10. The Bertz CT molecular complexity index is 853. The van der Waals surface area contributed by atoms with Crippen LogP contribution in [0, 0.1) is 0 Å². The third-order valence-corrected chi connectivity index (χ3v) is 5.13. The topological polar surface area (TPSA) is 99.1 Å². The molecule has 1 aliphatic carbocycles. The molecule has 0 saturated heterocycles. The number of ketones is 2. The number of ether oxygens (including phenoxy) is 3. The van der Waals surface area contributed by atoms with Crippen molar-refractivity contribution in [2.75, 3.05) is 14.2 Å². The molecule has 0 fully saturated rings. The van der Waals surface area contributed by atoms with Crippen LogP contribution >= 0.6 is 15.9 Å². The van der Waals surface area contributed by atoms with Crippen LogP contribution in [-0.2, 0) is 14.3 Å². The van der Waals surface area contributed by atoms with E-state index in [-0.39, 0.29) is 46.6 Å². The molecule has 26 heavy (non-hydrogen) atoms. The summed E-state index contributed by atoms with van der Waals surface area (Å²) in [5.74, 6) is -3.24. The van der Waals surface area contributed by atoms with Crippen LogP contribution in [0.1, 0.15) is 40.5 Å². The Kier molecular flexibility index (Phi) is 4.76. The average molecular weight is 425 g/mol. The molecule has 2 atom stereocenters. The fourth-order valence-corrected chi connectivity index (χ4v) is 3.92. The highest BCUT2D eigenvalue weighted by Gasteiger charge is 2.48. The molecule has 0 unspecified atom stereocenters. The Balaban J connectivity index is 2.12. The molecule has 1 aliphatic heterocycles. The summed E-state index contributed by atoms with van der Waals surface area (Å²) in [4.78, 5) is 37.6. The van der Waals surface area contributed by atoms with Gasteiger partial charge in [0.2, 0.25) is 0 Å². The summed E-state index contributed by atoms with van der Waals surface area (Å²) in [5.41, 5.74) is 0.314. The van der Waals surface area contributed by atoms with Gasteiger partial charge in [-0.25, -0.2) is 0 Å². The van der Waals surface area contributed by atoms with E-state index in [0.29, 0.717) is 4.47 Å². The SMILES string of the molecule is COC(=O)C[C@H]1CC2=C(C(=O)c3c(ccc(Br)c3OC)C2=O)[C@@](C)(O)O1. The van der Waals surface area contributed by atoms with Gasteiger partial charge in [-0.2, -0.15) is 0 Å². The number of esters is 1. The van der Waals surface area contributed by atoms with Crippen LogP contribution in [0.2, 0.25) is 0 Å². The minimum atomic E-state index is -2.01. The second-order valence-electron chi connectivity index (χ2n) is 6.22. The van der Waals surface area contributed by atoms with Gasteiger partial charge in [-0.15, -0.1) is 0 Å². The van der Waals surface area contributed by atoms with Gasteiger partial charge in [-0.1, -0.05) is 0 Å². The van der Waals surface area contributed by atoms with Crippen LogP contribution in [0.3, 0.4) is 0 Å². The highest BCUT2D eigenvalue weighted by atomic mass is 79.9. The van der Waals surface area contributed by atoms with E-state index in [1.807, 2.05) is 0 Å². The minimum Gasteiger partial charge on any atom is -0.495 e. The van der Waals surface area contributed by atoms with E-state index in [4.69, 9.17) is 9.47 Å². The lowest BCUT2D eigenvalue weighted by molar-refractivity contribution is -0.201. The van der Waals surface area contributed by atoms with Crippen molar-refractivity contribution in [3.63, 3.8) is 0 Å². The van der Waals surface area contributed by atoms with Crippen LogP contribution in [-0.4, -0.2) is 48.8 Å². The molecule has 0 bridgehead atoms. The van der Waals surface area contributed by atoms with Crippen molar-refractivity contribution in [3.8, 4) is 5.75 Å². The molecule has 0 saturated carbocycles. The van der Waals surface area contributed by atoms with Crippen molar-refractivity contribution in [3.05, 3.63) is 38.9 Å². The molecule has 1 aromatic carbocycles. The third-order valence-electron chi connectivity index (χ3n) is 4.50. The number of benzene rings is 1. The maximum atomic E-state index is 13.1. The summed E-state index contributed by atoms with van der Waals surface area (Å²) in [7, 11) is 2.63. The number of carbonyl (C=O) groups is 3. The first-order valence-corrected chi connectivity index (χ1v) is 8.67. The van der Waals surface area contributed by atoms with Crippen LogP contribution in [0.25, 0.3) is 0 Å². The number of aliphatic hydroxyl groups is 1. The second-order valence-corrected chi connectivity index (χ2v) is 7.08. The molecular formula is C18H17BrO7. The molecule has 0 aromatic heterocycles. The van der Waals surface area contributed by atoms with E-state index in [2.05, 4.69) is 20.7 Å². The zero-order chi connectivity index (χ0) is 19.2. The predicted octanol–water partition coefficient (Wildman–Crippen LogP) is 2.19. The summed E-state index contributed by atoms with van der Waals surface area (Å²) in [6.07, 6.45) is -0.878. The minimum absolute atomic E-state index is 0.0307. The van der Waals surface area contributed by atoms with Crippen molar-refractivity contribution in [2.24, 2.45) is 0 Å². The maximum absolute atomic E-state index is 13.1. The second kappa shape index (κ2) is 6.61. The highest BCUT2D eigenvalue weighted by Crippen LogP contribution is 2.44. The van der Waals surface area contributed by atoms with E-state index < -0.39 is 23.6 Å². The first kappa shape index (κ1) is 18.8. The molecule has 138 valence electrons. The van der Waals surface area contributed by atoms with Crippen LogP contribution in [0.5, 0.6) is 5.75 Å². The number of Topliss-reactive ketones (excluding diaryl/α,β-unsaturated/α-hetero) is 2. The van der Waals surface area contributed by atoms with Gasteiger partial charge in [-0.3, -0.25) is 14.4 Å². The van der Waals surface area contributed by atoms with E-state index in [0.717, 1.165) is 0 Å². The molecule has 0 amide bonds. The molecule has 7 nitrogen and oxygen atoms in total. The summed E-state index contributed by atoms with van der Waals surface area (Å²) in [5, 5.41) is 10.7. The molecule has 0 radical (unpaired) electrons. The predicted molar refractivity (Wildman–Crippen MR) is 93.1 cm³/mol. The Morgan fingerprint density at radius 1 is 1.35 bits per heavy atom. The Morgan fingerprint density at radius 3 is 2.65 bits per heavy atom. The third kappa shape index (κ3) is 2.87. The van der Waals surface area contributed by atoms with Crippen LogP contribution in [0.4, 0.5) is 0 Å². The summed E-state index contributed by atoms with van der Waals surface area (Å²) in [6.45, 7) is 1.28. The van der Waals surface area contributed by atoms with Crippen molar-refractivity contribution in [1.29, 1.82) is 0 Å². The lowest BCUT2D eigenvalue weighted by atomic mass is 9.77. The lowest BCUT2D eigenvalue weighted by Gasteiger charge is -2.39. The molecule has 2 aliphatic rings. The van der Waals surface area contributed by atoms with Gasteiger partial charge in [-0.05, 0) is 35.0 Å². The zero-order valence-corrected chi connectivity index (χ0v) is 16.0. The number of carbonyl (C=O) groups excluding carboxylic acids is 3. The molecule has 8 heteroatoms. The van der Waals surface area contributed by atoms with E-state index >= 15 is 0 Å². The van der Waals surface area contributed by atoms with Gasteiger partial charge >= 0.3 is 5.97 Å². The van der Waals surface area contributed by atoms with Gasteiger partial charge in [0, 0.05) is 17.6 Å². The molecule has 0 spiro atoms. The van der Waals surface area contributed by atoms with Gasteiger partial charge < -0.3 is 19.3 Å². The standard InChI is InChI=1S/C18H17BrO7/c1-18(23)14-10(6-8(26-18)7-12(20)24-2)15(21)9-4-5-11(19)17(25-3)13(9)16(14)22/h4-5,8,23H,6-7H2,1-3H3/t8-,18+/m1/s1. The fraction of sp³-hybridized carbons (Fsp3) is 0.389. The number of halogens is 1. The lowest BCUT2D eigenvalue weighted by Crippen LogP contribution is -2.47. The van der Waals surface area contributed by atoms with E-state index in [9.17, 15) is 19.5 Å². The smallest absolute Gasteiger partial charge is 0.308 e.